The van der Waals surface area contributed by atoms with Crippen LogP contribution in [0.4, 0.5) is 0 Å². The summed E-state index contributed by atoms with van der Waals surface area (Å²) >= 11 is 0. The van der Waals surface area contributed by atoms with Crippen molar-refractivity contribution in [3.63, 3.8) is 0 Å². The molecule has 0 aromatic heterocycles. The zero-order chi connectivity index (χ0) is 12.9. The van der Waals surface area contributed by atoms with Crippen LogP contribution in [0.5, 0.6) is 0 Å². The highest BCUT2D eigenvalue weighted by Crippen LogP contribution is 2.47. The maximum Gasteiger partial charge on any atom is 0.0269 e. The molecule has 0 amide bonds. The van der Waals surface area contributed by atoms with Crippen LogP contribution in [0.1, 0.15) is 72.6 Å². The molecule has 0 saturated heterocycles. The number of rotatable bonds is 7. The highest BCUT2D eigenvalue weighted by atomic mass is 15.2. The highest BCUT2D eigenvalue weighted by molar-refractivity contribution is 4.95. The highest BCUT2D eigenvalue weighted by Gasteiger charge is 2.41. The Kier molecular flexibility index (Phi) is 5.94. The zero-order valence-electron chi connectivity index (χ0n) is 12.3. The van der Waals surface area contributed by atoms with Crippen molar-refractivity contribution in [1.29, 1.82) is 0 Å². The minimum atomic E-state index is 0.479. The van der Waals surface area contributed by atoms with Gasteiger partial charge >= 0.3 is 0 Å². The molecule has 1 fully saturated rings. The van der Waals surface area contributed by atoms with Crippen molar-refractivity contribution in [2.24, 2.45) is 23.1 Å². The molecule has 0 spiro atoms. The normalized spacial score (nSPS) is 22.9. The lowest BCUT2D eigenvalue weighted by Gasteiger charge is -2.40. The smallest absolute Gasteiger partial charge is 0.0269 e. The Morgan fingerprint density at radius 2 is 1.76 bits per heavy atom. The Morgan fingerprint density at radius 1 is 1.18 bits per heavy atom. The second-order valence-corrected chi connectivity index (χ2v) is 6.64. The quantitative estimate of drug-likeness (QED) is 0.524. The van der Waals surface area contributed by atoms with Crippen molar-refractivity contribution in [2.45, 2.75) is 78.7 Å². The van der Waals surface area contributed by atoms with E-state index in [0.29, 0.717) is 11.5 Å². The van der Waals surface area contributed by atoms with Crippen LogP contribution >= 0.6 is 0 Å². The van der Waals surface area contributed by atoms with Crippen molar-refractivity contribution in [3.05, 3.63) is 0 Å². The fourth-order valence-electron chi connectivity index (χ4n) is 3.65. The van der Waals surface area contributed by atoms with E-state index in [0.717, 1.165) is 11.8 Å². The molecule has 17 heavy (non-hydrogen) atoms. The number of nitrogens with two attached hydrogens (primary N) is 1. The topological polar surface area (TPSA) is 38.0 Å². The van der Waals surface area contributed by atoms with Gasteiger partial charge in [0.25, 0.3) is 0 Å². The van der Waals surface area contributed by atoms with Crippen LogP contribution in [0.25, 0.3) is 0 Å². The van der Waals surface area contributed by atoms with Crippen molar-refractivity contribution in [3.8, 4) is 0 Å². The van der Waals surface area contributed by atoms with Crippen LogP contribution in [0, 0.1) is 17.3 Å². The fraction of sp³-hybridized carbons (Fsp3) is 1.00. The number of hydrogen-bond donors (Lipinski definition) is 2. The summed E-state index contributed by atoms with van der Waals surface area (Å²) in [7, 11) is 0. The first-order chi connectivity index (χ1) is 8.04. The molecule has 1 aliphatic carbocycles. The van der Waals surface area contributed by atoms with Gasteiger partial charge in [-0.25, -0.2) is 0 Å². The molecular weight excluding hydrogens is 208 g/mol. The maximum atomic E-state index is 5.87. The Hall–Kier alpha value is -0.0800. The molecule has 2 nitrogen and oxygen atoms in total. The molecule has 2 atom stereocenters. The van der Waals surface area contributed by atoms with Gasteiger partial charge in [0.15, 0.2) is 0 Å². The third kappa shape index (κ3) is 3.96. The Bertz CT molecular complexity index is 207. The van der Waals surface area contributed by atoms with E-state index < -0.39 is 0 Å². The van der Waals surface area contributed by atoms with Crippen molar-refractivity contribution in [2.75, 3.05) is 0 Å². The van der Waals surface area contributed by atoms with E-state index in [1.807, 2.05) is 0 Å². The molecule has 3 N–H and O–H groups in total. The summed E-state index contributed by atoms with van der Waals surface area (Å²) in [5, 5.41) is 0. The third-order valence-corrected chi connectivity index (χ3v) is 4.69. The summed E-state index contributed by atoms with van der Waals surface area (Å²) in [5.74, 6) is 7.42. The standard InChI is InChI=1S/C15H32N2/c1-5-13(4)10-14(17-16)15(11-12(2)3)8-6-7-9-15/h12-14,17H,5-11,16H2,1-4H3. The van der Waals surface area contributed by atoms with E-state index in [2.05, 4.69) is 33.1 Å². The second kappa shape index (κ2) is 6.75. The SMILES string of the molecule is CCC(C)CC(NN)C1(CC(C)C)CCCC1. The van der Waals surface area contributed by atoms with Crippen LogP contribution in [0.2, 0.25) is 0 Å². The average molecular weight is 240 g/mol. The van der Waals surface area contributed by atoms with Gasteiger partial charge in [-0.2, -0.15) is 0 Å². The summed E-state index contributed by atoms with van der Waals surface area (Å²) in [4.78, 5) is 0. The molecular formula is C15H32N2. The molecule has 1 saturated carbocycles. The molecule has 2 heteroatoms. The van der Waals surface area contributed by atoms with Crippen molar-refractivity contribution >= 4 is 0 Å². The van der Waals surface area contributed by atoms with E-state index in [9.17, 15) is 0 Å². The largest absolute Gasteiger partial charge is 0.271 e. The number of nitrogens with one attached hydrogen (secondary N) is 1. The zero-order valence-corrected chi connectivity index (χ0v) is 12.3. The lowest BCUT2D eigenvalue weighted by Crippen LogP contribution is -2.48. The van der Waals surface area contributed by atoms with Crippen LogP contribution in [0.3, 0.4) is 0 Å². The summed E-state index contributed by atoms with van der Waals surface area (Å²) in [6.07, 6.45) is 9.36. The average Bonchev–Trinajstić information content (AvgIpc) is 2.73. The third-order valence-electron chi connectivity index (χ3n) is 4.69. The lowest BCUT2D eigenvalue weighted by molar-refractivity contribution is 0.135. The molecule has 0 bridgehead atoms. The summed E-state index contributed by atoms with van der Waals surface area (Å²) in [6.45, 7) is 9.32. The molecule has 2 unspecified atom stereocenters. The summed E-state index contributed by atoms with van der Waals surface area (Å²) in [6, 6.07) is 0.516. The van der Waals surface area contributed by atoms with Crippen LogP contribution in [0.15, 0.2) is 0 Å². The van der Waals surface area contributed by atoms with E-state index in [-0.39, 0.29) is 0 Å². The molecule has 0 radical (unpaired) electrons. The van der Waals surface area contributed by atoms with Gasteiger partial charge in [0.2, 0.25) is 0 Å². The molecule has 0 aliphatic heterocycles. The predicted molar refractivity (Wildman–Crippen MR) is 75.5 cm³/mol. The number of hydrazine groups is 1. The Balaban J connectivity index is 2.72. The maximum absolute atomic E-state index is 5.87. The Morgan fingerprint density at radius 3 is 2.18 bits per heavy atom. The summed E-state index contributed by atoms with van der Waals surface area (Å²) < 4.78 is 0. The van der Waals surface area contributed by atoms with Crippen molar-refractivity contribution < 1.29 is 0 Å². The first-order valence-electron chi connectivity index (χ1n) is 7.50. The fourth-order valence-corrected chi connectivity index (χ4v) is 3.65. The van der Waals surface area contributed by atoms with Crippen molar-refractivity contribution in [1.82, 2.24) is 5.43 Å². The molecule has 1 aliphatic rings. The van der Waals surface area contributed by atoms with Gasteiger partial charge < -0.3 is 0 Å². The minimum Gasteiger partial charge on any atom is -0.271 e. The van der Waals surface area contributed by atoms with Gasteiger partial charge in [-0.1, -0.05) is 47.0 Å². The van der Waals surface area contributed by atoms with Crippen LogP contribution in [-0.2, 0) is 0 Å². The van der Waals surface area contributed by atoms with Gasteiger partial charge in [0, 0.05) is 6.04 Å². The second-order valence-electron chi connectivity index (χ2n) is 6.64. The first-order valence-corrected chi connectivity index (χ1v) is 7.50. The lowest BCUT2D eigenvalue weighted by atomic mass is 9.70. The predicted octanol–water partition coefficient (Wildman–Crippen LogP) is 3.86. The van der Waals surface area contributed by atoms with Crippen LogP contribution < -0.4 is 11.3 Å². The van der Waals surface area contributed by atoms with E-state index in [4.69, 9.17) is 5.84 Å². The van der Waals surface area contributed by atoms with Gasteiger partial charge in [-0.15, -0.1) is 0 Å². The van der Waals surface area contributed by atoms with E-state index in [1.54, 1.807) is 0 Å². The van der Waals surface area contributed by atoms with Gasteiger partial charge in [0.1, 0.15) is 0 Å². The molecule has 0 aromatic rings. The van der Waals surface area contributed by atoms with E-state index in [1.165, 1.54) is 44.9 Å². The van der Waals surface area contributed by atoms with Gasteiger partial charge in [-0.05, 0) is 42.9 Å². The molecule has 0 aromatic carbocycles. The minimum absolute atomic E-state index is 0.479. The Labute approximate surface area is 108 Å². The molecule has 102 valence electrons. The number of hydrogen-bond acceptors (Lipinski definition) is 2. The monoisotopic (exact) mass is 240 g/mol. The van der Waals surface area contributed by atoms with Crippen LogP contribution in [-0.4, -0.2) is 6.04 Å². The molecule has 1 rings (SSSR count). The van der Waals surface area contributed by atoms with E-state index >= 15 is 0 Å². The molecule has 0 heterocycles. The summed E-state index contributed by atoms with van der Waals surface area (Å²) in [5.41, 5.74) is 3.63. The van der Waals surface area contributed by atoms with Gasteiger partial charge in [-0.3, -0.25) is 11.3 Å². The first kappa shape index (κ1) is 15.0. The van der Waals surface area contributed by atoms with Gasteiger partial charge in [0.05, 0.1) is 0 Å².